The van der Waals surface area contributed by atoms with Gasteiger partial charge < -0.3 is 9.94 Å². The van der Waals surface area contributed by atoms with Gasteiger partial charge in [0.05, 0.1) is 6.10 Å². The summed E-state index contributed by atoms with van der Waals surface area (Å²) in [5, 5.41) is 8.65. The molecule has 0 radical (unpaired) electrons. The van der Waals surface area contributed by atoms with E-state index in [1.54, 1.807) is 6.92 Å². The number of hydrogen-bond acceptors (Lipinski definition) is 4. The van der Waals surface area contributed by atoms with E-state index in [1.807, 2.05) is 0 Å². The van der Waals surface area contributed by atoms with E-state index in [1.165, 1.54) is 0 Å². The Morgan fingerprint density at radius 2 is 2.44 bits per heavy atom. The maximum Gasteiger partial charge on any atom is 0.324 e. The Hall–Kier alpha value is -0.610. The van der Waals surface area contributed by atoms with Crippen molar-refractivity contribution in [2.45, 2.75) is 25.9 Å². The number of rotatable bonds is 3. The SMILES string of the molecule is CC(O)CCC(=O)ON. The van der Waals surface area contributed by atoms with Crippen molar-refractivity contribution < 1.29 is 14.7 Å². The lowest BCUT2D eigenvalue weighted by molar-refractivity contribution is -0.144. The van der Waals surface area contributed by atoms with Crippen molar-refractivity contribution in [3.63, 3.8) is 0 Å². The minimum absolute atomic E-state index is 0.175. The van der Waals surface area contributed by atoms with Gasteiger partial charge in [0.2, 0.25) is 0 Å². The highest BCUT2D eigenvalue weighted by molar-refractivity contribution is 5.68. The average Bonchev–Trinajstić information content (AvgIpc) is 1.83. The van der Waals surface area contributed by atoms with Crippen LogP contribution in [0.2, 0.25) is 0 Å². The molecule has 0 rings (SSSR count). The van der Waals surface area contributed by atoms with Crippen LogP contribution < -0.4 is 5.90 Å². The van der Waals surface area contributed by atoms with Crippen LogP contribution in [0.1, 0.15) is 19.8 Å². The molecule has 0 aliphatic rings. The number of nitrogens with two attached hydrogens (primary N) is 1. The third kappa shape index (κ3) is 5.26. The molecule has 0 aliphatic heterocycles. The van der Waals surface area contributed by atoms with E-state index in [-0.39, 0.29) is 6.42 Å². The summed E-state index contributed by atoms with van der Waals surface area (Å²) in [5.41, 5.74) is 0. The Morgan fingerprint density at radius 3 is 2.78 bits per heavy atom. The van der Waals surface area contributed by atoms with Crippen LogP contribution in [-0.2, 0) is 9.63 Å². The van der Waals surface area contributed by atoms with Gasteiger partial charge in [-0.3, -0.25) is 4.79 Å². The number of carbonyl (C=O) groups excluding carboxylic acids is 1. The Kier molecular flexibility index (Phi) is 4.00. The van der Waals surface area contributed by atoms with Gasteiger partial charge in [-0.1, -0.05) is 0 Å². The second-order valence-corrected chi connectivity index (χ2v) is 1.88. The third-order valence-electron chi connectivity index (χ3n) is 0.898. The van der Waals surface area contributed by atoms with Gasteiger partial charge in [-0.05, 0) is 13.3 Å². The fourth-order valence-electron chi connectivity index (χ4n) is 0.386. The van der Waals surface area contributed by atoms with Gasteiger partial charge in [0.25, 0.3) is 0 Å². The second-order valence-electron chi connectivity index (χ2n) is 1.88. The molecule has 0 aromatic carbocycles. The average molecular weight is 133 g/mol. The molecule has 0 amide bonds. The zero-order valence-electron chi connectivity index (χ0n) is 5.33. The molecule has 4 heteroatoms. The van der Waals surface area contributed by atoms with Crippen molar-refractivity contribution in [1.29, 1.82) is 0 Å². The topological polar surface area (TPSA) is 72.5 Å². The van der Waals surface area contributed by atoms with E-state index in [0.29, 0.717) is 6.42 Å². The first-order valence-corrected chi connectivity index (χ1v) is 2.74. The first-order chi connectivity index (χ1) is 4.16. The fourth-order valence-corrected chi connectivity index (χ4v) is 0.386. The summed E-state index contributed by atoms with van der Waals surface area (Å²) >= 11 is 0. The number of aliphatic hydroxyl groups is 1. The highest BCUT2D eigenvalue weighted by Crippen LogP contribution is 1.95. The van der Waals surface area contributed by atoms with Crippen molar-refractivity contribution in [3.8, 4) is 0 Å². The number of carbonyl (C=O) groups is 1. The summed E-state index contributed by atoms with van der Waals surface area (Å²) < 4.78 is 0. The van der Waals surface area contributed by atoms with Gasteiger partial charge >= 0.3 is 5.97 Å². The van der Waals surface area contributed by atoms with E-state index in [0.717, 1.165) is 0 Å². The molecular weight excluding hydrogens is 122 g/mol. The summed E-state index contributed by atoms with van der Waals surface area (Å²) in [6, 6.07) is 0. The van der Waals surface area contributed by atoms with Crippen molar-refractivity contribution >= 4 is 5.97 Å². The molecule has 0 aromatic rings. The zero-order valence-corrected chi connectivity index (χ0v) is 5.33. The van der Waals surface area contributed by atoms with Crippen LogP contribution in [0.4, 0.5) is 0 Å². The first kappa shape index (κ1) is 8.39. The fraction of sp³-hybridized carbons (Fsp3) is 0.800. The Bertz CT molecular complexity index is 92.2. The predicted octanol–water partition coefficient (Wildman–Crippen LogP) is -0.436. The normalized spacial score (nSPS) is 12.8. The highest BCUT2D eigenvalue weighted by Gasteiger charge is 2.02. The third-order valence-corrected chi connectivity index (χ3v) is 0.898. The minimum Gasteiger partial charge on any atom is -0.393 e. The lowest BCUT2D eigenvalue weighted by Gasteiger charge is -1.99. The van der Waals surface area contributed by atoms with E-state index in [2.05, 4.69) is 10.7 Å². The Morgan fingerprint density at radius 1 is 1.89 bits per heavy atom. The molecule has 0 aromatic heterocycles. The molecule has 54 valence electrons. The summed E-state index contributed by atoms with van der Waals surface area (Å²) in [6.45, 7) is 1.60. The van der Waals surface area contributed by atoms with Crippen LogP contribution in [0.15, 0.2) is 0 Å². The standard InChI is InChI=1S/C5H11NO3/c1-4(7)2-3-5(8)9-6/h4,7H,2-3,6H2,1H3. The summed E-state index contributed by atoms with van der Waals surface area (Å²) in [4.78, 5) is 14.1. The van der Waals surface area contributed by atoms with E-state index >= 15 is 0 Å². The Labute approximate surface area is 53.6 Å². The maximum atomic E-state index is 10.3. The molecule has 3 N–H and O–H groups in total. The predicted molar refractivity (Wildman–Crippen MR) is 31.2 cm³/mol. The summed E-state index contributed by atoms with van der Waals surface area (Å²) in [7, 11) is 0. The lowest BCUT2D eigenvalue weighted by Crippen LogP contribution is -2.12. The molecule has 1 unspecified atom stereocenters. The molecule has 0 heterocycles. The second kappa shape index (κ2) is 4.29. The smallest absolute Gasteiger partial charge is 0.324 e. The molecule has 1 atom stereocenters. The summed E-state index contributed by atoms with van der Waals surface area (Å²) in [5.74, 6) is 4.04. The molecule has 0 spiro atoms. The molecular formula is C5H11NO3. The zero-order chi connectivity index (χ0) is 7.28. The van der Waals surface area contributed by atoms with Gasteiger partial charge in [-0.25, -0.2) is 0 Å². The molecule has 0 bridgehead atoms. The van der Waals surface area contributed by atoms with E-state index in [4.69, 9.17) is 5.11 Å². The van der Waals surface area contributed by atoms with Crippen LogP contribution >= 0.6 is 0 Å². The maximum absolute atomic E-state index is 10.3. The molecule has 0 fully saturated rings. The van der Waals surface area contributed by atoms with Crippen LogP contribution in [0.5, 0.6) is 0 Å². The molecule has 0 aliphatic carbocycles. The van der Waals surface area contributed by atoms with Crippen LogP contribution in [-0.4, -0.2) is 17.2 Å². The molecule has 9 heavy (non-hydrogen) atoms. The Balaban J connectivity index is 3.17. The summed E-state index contributed by atoms with van der Waals surface area (Å²) in [6.07, 6.45) is 0.105. The van der Waals surface area contributed by atoms with Crippen LogP contribution in [0, 0.1) is 0 Å². The molecule has 0 saturated heterocycles. The molecule has 0 saturated carbocycles. The minimum atomic E-state index is -0.490. The number of aliphatic hydroxyl groups excluding tert-OH is 1. The van der Waals surface area contributed by atoms with Crippen molar-refractivity contribution in [1.82, 2.24) is 0 Å². The van der Waals surface area contributed by atoms with Crippen molar-refractivity contribution in [2.24, 2.45) is 5.90 Å². The van der Waals surface area contributed by atoms with Crippen LogP contribution in [0.3, 0.4) is 0 Å². The monoisotopic (exact) mass is 133 g/mol. The van der Waals surface area contributed by atoms with Crippen LogP contribution in [0.25, 0.3) is 0 Å². The highest BCUT2D eigenvalue weighted by atomic mass is 16.7. The van der Waals surface area contributed by atoms with E-state index in [9.17, 15) is 4.79 Å². The van der Waals surface area contributed by atoms with Gasteiger partial charge in [0.15, 0.2) is 0 Å². The lowest BCUT2D eigenvalue weighted by atomic mass is 10.2. The van der Waals surface area contributed by atoms with E-state index < -0.39 is 12.1 Å². The van der Waals surface area contributed by atoms with Gasteiger partial charge in [-0.2, -0.15) is 5.90 Å². The largest absolute Gasteiger partial charge is 0.393 e. The quantitative estimate of drug-likeness (QED) is 0.512. The number of hydrogen-bond donors (Lipinski definition) is 2. The van der Waals surface area contributed by atoms with Gasteiger partial charge in [0.1, 0.15) is 0 Å². The van der Waals surface area contributed by atoms with Crippen molar-refractivity contribution in [2.75, 3.05) is 0 Å². The van der Waals surface area contributed by atoms with Gasteiger partial charge in [0, 0.05) is 6.42 Å². The van der Waals surface area contributed by atoms with Gasteiger partial charge in [-0.15, -0.1) is 0 Å². The van der Waals surface area contributed by atoms with Crippen molar-refractivity contribution in [3.05, 3.63) is 0 Å². The molecule has 4 nitrogen and oxygen atoms in total. The first-order valence-electron chi connectivity index (χ1n) is 2.74.